The van der Waals surface area contributed by atoms with Crippen LogP contribution in [0, 0.1) is 11.6 Å². The van der Waals surface area contributed by atoms with Gasteiger partial charge in [0.05, 0.1) is 20.5 Å². The van der Waals surface area contributed by atoms with Crippen LogP contribution in [-0.2, 0) is 9.84 Å². The lowest BCUT2D eigenvalue weighted by Gasteiger charge is -2.16. The van der Waals surface area contributed by atoms with Gasteiger partial charge in [0.2, 0.25) is 9.84 Å². The molecule has 0 unspecified atom stereocenters. The first-order valence-corrected chi connectivity index (χ1v) is 11.1. The van der Waals surface area contributed by atoms with Crippen LogP contribution in [0.3, 0.4) is 0 Å². The summed E-state index contributed by atoms with van der Waals surface area (Å²) in [5.74, 6) is -2.18. The molecule has 1 heterocycles. The van der Waals surface area contributed by atoms with Crippen molar-refractivity contribution in [3.05, 3.63) is 87.5 Å². The zero-order valence-electron chi connectivity index (χ0n) is 14.8. The molecular formula is C21H10Cl3F2NO2S. The van der Waals surface area contributed by atoms with Crippen LogP contribution in [-0.4, -0.2) is 13.4 Å². The average Bonchev–Trinajstić information content (AvgIpc) is 2.71. The minimum Gasteiger partial charge on any atom is -0.235 e. The van der Waals surface area contributed by atoms with E-state index >= 15 is 0 Å². The molecule has 0 amide bonds. The molecule has 3 aromatic carbocycles. The Morgan fingerprint density at radius 2 is 1.53 bits per heavy atom. The van der Waals surface area contributed by atoms with Crippen LogP contribution in [0.4, 0.5) is 8.78 Å². The van der Waals surface area contributed by atoms with Gasteiger partial charge in [-0.3, -0.25) is 0 Å². The van der Waals surface area contributed by atoms with Crippen molar-refractivity contribution >= 4 is 55.5 Å². The molecule has 0 N–H and O–H groups in total. The number of hydrogen-bond acceptors (Lipinski definition) is 3. The number of aromatic nitrogens is 1. The molecule has 30 heavy (non-hydrogen) atoms. The predicted octanol–water partition coefficient (Wildman–Crippen LogP) is 6.97. The molecule has 0 aliphatic carbocycles. The Labute approximate surface area is 185 Å². The van der Waals surface area contributed by atoms with Gasteiger partial charge in [-0.25, -0.2) is 22.2 Å². The fraction of sp³-hybridized carbons (Fsp3) is 0. The van der Waals surface area contributed by atoms with E-state index in [2.05, 4.69) is 4.98 Å². The molecule has 0 spiro atoms. The van der Waals surface area contributed by atoms with Crippen molar-refractivity contribution < 1.29 is 17.2 Å². The van der Waals surface area contributed by atoms with Gasteiger partial charge in [-0.2, -0.15) is 0 Å². The topological polar surface area (TPSA) is 47.0 Å². The van der Waals surface area contributed by atoms with E-state index in [4.69, 9.17) is 34.8 Å². The summed E-state index contributed by atoms with van der Waals surface area (Å²) in [6.07, 6.45) is 0. The molecule has 3 nitrogen and oxygen atoms in total. The molecule has 9 heteroatoms. The van der Waals surface area contributed by atoms with E-state index in [1.165, 1.54) is 24.3 Å². The van der Waals surface area contributed by atoms with Crippen molar-refractivity contribution in [2.45, 2.75) is 9.79 Å². The Morgan fingerprint density at radius 1 is 0.800 bits per heavy atom. The second-order valence-electron chi connectivity index (χ2n) is 6.33. The molecule has 1 aromatic heterocycles. The van der Waals surface area contributed by atoms with Crippen molar-refractivity contribution in [1.29, 1.82) is 0 Å². The predicted molar refractivity (Wildman–Crippen MR) is 114 cm³/mol. The van der Waals surface area contributed by atoms with Gasteiger partial charge in [-0.15, -0.1) is 0 Å². The molecule has 0 atom stereocenters. The third-order valence-electron chi connectivity index (χ3n) is 4.48. The molecule has 0 radical (unpaired) electrons. The highest BCUT2D eigenvalue weighted by Gasteiger charge is 2.29. The number of nitrogens with zero attached hydrogens (tertiary/aromatic N) is 1. The summed E-state index contributed by atoms with van der Waals surface area (Å²) in [7, 11) is -4.26. The summed E-state index contributed by atoms with van der Waals surface area (Å²) in [5, 5.41) is 0.321. The molecule has 0 bridgehead atoms. The second-order valence-corrected chi connectivity index (χ2v) is 9.39. The summed E-state index contributed by atoms with van der Waals surface area (Å²) >= 11 is 18.2. The van der Waals surface area contributed by atoms with Crippen LogP contribution >= 0.6 is 34.8 Å². The zero-order valence-corrected chi connectivity index (χ0v) is 17.9. The maximum atomic E-state index is 14.0. The van der Waals surface area contributed by atoms with Gasteiger partial charge in [-0.05, 0) is 42.0 Å². The summed E-state index contributed by atoms with van der Waals surface area (Å²) in [6.45, 7) is 0. The highest BCUT2D eigenvalue weighted by molar-refractivity contribution is 7.91. The van der Waals surface area contributed by atoms with Crippen LogP contribution < -0.4 is 0 Å². The van der Waals surface area contributed by atoms with Crippen molar-refractivity contribution in [1.82, 2.24) is 4.98 Å². The van der Waals surface area contributed by atoms with Crippen LogP contribution in [0.1, 0.15) is 0 Å². The Kier molecular flexibility index (Phi) is 5.45. The standard InChI is InChI=1S/C21H10Cl3F2NO2S/c22-14-7-6-12(10-15(14)23)30(28,29)20-19(11-5-8-16(25)17(26)9-11)13-3-1-2-4-18(13)27-21(20)24/h1-10H. The number of sulfone groups is 1. The first-order chi connectivity index (χ1) is 14.2. The molecular weight excluding hydrogens is 475 g/mol. The first kappa shape index (κ1) is 21.0. The number of fused-ring (bicyclic) bond motifs is 1. The van der Waals surface area contributed by atoms with E-state index in [9.17, 15) is 17.2 Å². The Bertz CT molecular complexity index is 1430. The van der Waals surface area contributed by atoms with Crippen LogP contribution in [0.5, 0.6) is 0 Å². The van der Waals surface area contributed by atoms with E-state index in [0.717, 1.165) is 12.1 Å². The summed E-state index contributed by atoms with van der Waals surface area (Å²) in [6, 6.07) is 13.6. The summed E-state index contributed by atoms with van der Waals surface area (Å²) in [4.78, 5) is 3.69. The highest BCUT2D eigenvalue weighted by Crippen LogP contribution is 2.41. The fourth-order valence-electron chi connectivity index (χ4n) is 3.11. The largest absolute Gasteiger partial charge is 0.235 e. The molecule has 0 aliphatic rings. The van der Waals surface area contributed by atoms with Gasteiger partial charge in [0.1, 0.15) is 10.0 Å². The van der Waals surface area contributed by atoms with E-state index < -0.39 is 21.5 Å². The van der Waals surface area contributed by atoms with Crippen molar-refractivity contribution in [3.8, 4) is 11.1 Å². The first-order valence-electron chi connectivity index (χ1n) is 8.44. The number of para-hydroxylation sites is 1. The minimum absolute atomic E-state index is 0.0389. The fourth-order valence-corrected chi connectivity index (χ4v) is 5.48. The Hall–Kier alpha value is -2.25. The van der Waals surface area contributed by atoms with E-state index in [1.807, 2.05) is 0 Å². The molecule has 0 fully saturated rings. The van der Waals surface area contributed by atoms with Crippen LogP contribution in [0.15, 0.2) is 70.5 Å². The number of pyridine rings is 1. The molecule has 0 saturated heterocycles. The lowest BCUT2D eigenvalue weighted by molar-refractivity contribution is 0.509. The second kappa shape index (κ2) is 7.78. The van der Waals surface area contributed by atoms with E-state index in [-0.39, 0.29) is 36.1 Å². The number of hydrogen-bond donors (Lipinski definition) is 0. The van der Waals surface area contributed by atoms with Gasteiger partial charge >= 0.3 is 0 Å². The molecule has 4 rings (SSSR count). The number of benzene rings is 3. The van der Waals surface area contributed by atoms with E-state index in [0.29, 0.717) is 10.9 Å². The van der Waals surface area contributed by atoms with Crippen molar-refractivity contribution in [2.75, 3.05) is 0 Å². The smallest absolute Gasteiger partial charge is 0.210 e. The van der Waals surface area contributed by atoms with Gasteiger partial charge in [-0.1, -0.05) is 59.1 Å². The Morgan fingerprint density at radius 3 is 2.23 bits per heavy atom. The quantitative estimate of drug-likeness (QED) is 0.295. The highest BCUT2D eigenvalue weighted by atomic mass is 35.5. The van der Waals surface area contributed by atoms with Gasteiger partial charge in [0, 0.05) is 10.9 Å². The van der Waals surface area contributed by atoms with Gasteiger partial charge < -0.3 is 0 Å². The third-order valence-corrected chi connectivity index (χ3v) is 7.42. The van der Waals surface area contributed by atoms with Gasteiger partial charge in [0.25, 0.3) is 0 Å². The summed E-state index contributed by atoms with van der Waals surface area (Å²) < 4.78 is 54.6. The maximum absolute atomic E-state index is 14.0. The van der Waals surface area contributed by atoms with Crippen LogP contribution in [0.2, 0.25) is 15.2 Å². The lowest BCUT2D eigenvalue weighted by atomic mass is 10.0. The molecule has 0 aliphatic heterocycles. The maximum Gasteiger partial charge on any atom is 0.210 e. The molecule has 0 saturated carbocycles. The summed E-state index contributed by atoms with van der Waals surface area (Å²) in [5.41, 5.74) is 0.638. The monoisotopic (exact) mass is 483 g/mol. The SMILES string of the molecule is O=S(=O)(c1ccc(Cl)c(Cl)c1)c1c(Cl)nc2ccccc2c1-c1ccc(F)c(F)c1. The average molecular weight is 485 g/mol. The Balaban J connectivity index is 2.12. The normalized spacial score (nSPS) is 11.8. The van der Waals surface area contributed by atoms with Gasteiger partial charge in [0.15, 0.2) is 11.6 Å². The van der Waals surface area contributed by atoms with Crippen molar-refractivity contribution in [2.24, 2.45) is 0 Å². The molecule has 152 valence electrons. The van der Waals surface area contributed by atoms with Crippen molar-refractivity contribution in [3.63, 3.8) is 0 Å². The van der Waals surface area contributed by atoms with Crippen LogP contribution in [0.25, 0.3) is 22.0 Å². The zero-order chi connectivity index (χ0) is 21.6. The van der Waals surface area contributed by atoms with E-state index in [1.54, 1.807) is 24.3 Å². The number of halogens is 5. The third kappa shape index (κ3) is 3.54. The minimum atomic E-state index is -4.26. The number of rotatable bonds is 3. The molecule has 4 aromatic rings. The lowest BCUT2D eigenvalue weighted by Crippen LogP contribution is -2.07.